The third kappa shape index (κ3) is 10.2. The fraction of sp³-hybridized carbons (Fsp3) is 0.536. The molecule has 3 rings (SSSR count). The van der Waals surface area contributed by atoms with Crippen molar-refractivity contribution in [2.45, 2.75) is 76.8 Å². The van der Waals surface area contributed by atoms with E-state index in [1.165, 1.54) is 17.7 Å². The van der Waals surface area contributed by atoms with Crippen LogP contribution in [0.5, 0.6) is 0 Å². The molecule has 0 radical (unpaired) electrons. The summed E-state index contributed by atoms with van der Waals surface area (Å²) in [6, 6.07) is 6.61. The van der Waals surface area contributed by atoms with Crippen molar-refractivity contribution in [1.82, 2.24) is 16.0 Å². The average molecular weight is 592 g/mol. The van der Waals surface area contributed by atoms with Crippen LogP contribution in [0.2, 0.25) is 0 Å². The van der Waals surface area contributed by atoms with Crippen LogP contribution in [-0.2, 0) is 39.9 Å². The Labute approximate surface area is 242 Å². The molecule has 5 atom stereocenters. The van der Waals surface area contributed by atoms with Gasteiger partial charge in [0.25, 0.3) is 0 Å². The molecule has 1 fully saturated rings. The van der Waals surface area contributed by atoms with Crippen molar-refractivity contribution in [1.29, 1.82) is 0 Å². The van der Waals surface area contributed by atoms with Crippen LogP contribution in [0.3, 0.4) is 0 Å². The van der Waals surface area contributed by atoms with E-state index < -0.39 is 60.0 Å². The average Bonchev–Trinajstić information content (AvgIpc) is 2.89. The molecular formula is C28H37N3O7S2. The van der Waals surface area contributed by atoms with Gasteiger partial charge in [0.2, 0.25) is 17.7 Å². The zero-order valence-electron chi connectivity index (χ0n) is 22.9. The SMILES string of the molecule is CC(=O)O[C@H]1CC(=O)O[C@@H]2C=CCCSSC[C@@H](NC(=O)[C@@H](Cc3ccccc3)NC(=O)C2)C(=O)N[C@@H]1C(C)C. The first kappa shape index (κ1) is 31.5. The fourth-order valence-corrected chi connectivity index (χ4v) is 6.58. The van der Waals surface area contributed by atoms with Gasteiger partial charge in [0, 0.05) is 24.9 Å². The van der Waals surface area contributed by atoms with Crippen molar-refractivity contribution in [3.63, 3.8) is 0 Å². The molecule has 3 N–H and O–H groups in total. The van der Waals surface area contributed by atoms with Crippen LogP contribution in [0.15, 0.2) is 42.5 Å². The Kier molecular flexibility index (Phi) is 12.4. The molecule has 1 saturated heterocycles. The van der Waals surface area contributed by atoms with Gasteiger partial charge in [-0.15, -0.1) is 0 Å². The van der Waals surface area contributed by atoms with Gasteiger partial charge in [0.05, 0.1) is 18.9 Å². The summed E-state index contributed by atoms with van der Waals surface area (Å²) in [6.45, 7) is 4.90. The number of hydrogen-bond donors (Lipinski definition) is 3. The van der Waals surface area contributed by atoms with Crippen LogP contribution in [0.4, 0.5) is 0 Å². The lowest BCUT2D eigenvalue weighted by Gasteiger charge is -2.32. The highest BCUT2D eigenvalue weighted by molar-refractivity contribution is 8.76. The molecule has 12 heteroatoms. The first-order chi connectivity index (χ1) is 19.1. The van der Waals surface area contributed by atoms with Gasteiger partial charge in [-0.3, -0.25) is 24.0 Å². The molecule has 1 aromatic rings. The van der Waals surface area contributed by atoms with E-state index in [1.807, 2.05) is 50.3 Å². The van der Waals surface area contributed by atoms with Gasteiger partial charge < -0.3 is 25.4 Å². The van der Waals surface area contributed by atoms with Gasteiger partial charge in [-0.25, -0.2) is 0 Å². The van der Waals surface area contributed by atoms with Crippen LogP contribution >= 0.6 is 21.6 Å². The summed E-state index contributed by atoms with van der Waals surface area (Å²) in [7, 11) is 3.00. The number of rotatable bonds is 4. The third-order valence-electron chi connectivity index (χ3n) is 6.39. The summed E-state index contributed by atoms with van der Waals surface area (Å²) in [6.07, 6.45) is 1.97. The lowest BCUT2D eigenvalue weighted by atomic mass is 9.95. The number of carbonyl (C=O) groups is 5. The number of allylic oxidation sites excluding steroid dienone is 1. The first-order valence-corrected chi connectivity index (χ1v) is 15.8. The van der Waals surface area contributed by atoms with Gasteiger partial charge >= 0.3 is 11.9 Å². The summed E-state index contributed by atoms with van der Waals surface area (Å²) < 4.78 is 11.1. The quantitative estimate of drug-likeness (QED) is 0.273. The third-order valence-corrected chi connectivity index (χ3v) is 8.83. The monoisotopic (exact) mass is 591 g/mol. The van der Waals surface area contributed by atoms with Crippen molar-refractivity contribution < 1.29 is 33.4 Å². The minimum absolute atomic E-state index is 0.199. The number of fused-ring (bicyclic) bond motifs is 7. The lowest BCUT2D eigenvalue weighted by Crippen LogP contribution is -2.58. The number of benzene rings is 1. The molecular weight excluding hydrogens is 554 g/mol. The zero-order chi connectivity index (χ0) is 29.1. The van der Waals surface area contributed by atoms with Crippen LogP contribution in [0, 0.1) is 5.92 Å². The second-order valence-electron chi connectivity index (χ2n) is 10.1. The molecule has 2 aliphatic heterocycles. The van der Waals surface area contributed by atoms with Crippen LogP contribution in [0.25, 0.3) is 0 Å². The molecule has 10 nitrogen and oxygen atoms in total. The van der Waals surface area contributed by atoms with Crippen LogP contribution in [0.1, 0.15) is 45.6 Å². The van der Waals surface area contributed by atoms with Crippen molar-refractivity contribution in [3.8, 4) is 0 Å². The van der Waals surface area contributed by atoms with Gasteiger partial charge in [0.15, 0.2) is 0 Å². The van der Waals surface area contributed by atoms with E-state index in [1.54, 1.807) is 16.9 Å². The zero-order valence-corrected chi connectivity index (χ0v) is 24.6. The number of amides is 3. The number of hydrogen-bond acceptors (Lipinski definition) is 9. The van der Waals surface area contributed by atoms with Crippen LogP contribution in [-0.4, -0.2) is 71.5 Å². The van der Waals surface area contributed by atoms with Crippen molar-refractivity contribution >= 4 is 51.2 Å². The van der Waals surface area contributed by atoms with E-state index in [9.17, 15) is 24.0 Å². The molecule has 40 heavy (non-hydrogen) atoms. The molecule has 218 valence electrons. The van der Waals surface area contributed by atoms with Gasteiger partial charge in [-0.2, -0.15) is 0 Å². The van der Waals surface area contributed by atoms with Gasteiger partial charge in [-0.05, 0) is 24.0 Å². The molecule has 0 aliphatic carbocycles. The van der Waals surface area contributed by atoms with Crippen LogP contribution < -0.4 is 16.0 Å². The molecule has 0 spiro atoms. The van der Waals surface area contributed by atoms with E-state index in [0.29, 0.717) is 6.42 Å². The Bertz CT molecular complexity index is 1080. The summed E-state index contributed by atoms with van der Waals surface area (Å²) in [5.41, 5.74) is 0.830. The second-order valence-corrected chi connectivity index (χ2v) is 12.7. The summed E-state index contributed by atoms with van der Waals surface area (Å²) in [5.74, 6) is -1.98. The maximum atomic E-state index is 13.6. The largest absolute Gasteiger partial charge is 0.460 e. The van der Waals surface area contributed by atoms with Gasteiger partial charge in [-0.1, -0.05) is 71.8 Å². The minimum atomic E-state index is -1.00. The van der Waals surface area contributed by atoms with E-state index >= 15 is 0 Å². The highest BCUT2D eigenvalue weighted by Gasteiger charge is 2.35. The Morgan fingerprint density at radius 2 is 1.77 bits per heavy atom. The predicted octanol–water partition coefficient (Wildman–Crippen LogP) is 2.32. The lowest BCUT2D eigenvalue weighted by molar-refractivity contribution is -0.158. The predicted molar refractivity (Wildman–Crippen MR) is 154 cm³/mol. The Hall–Kier alpha value is -2.99. The highest BCUT2D eigenvalue weighted by Crippen LogP contribution is 2.24. The number of ether oxygens (including phenoxy) is 2. The molecule has 0 aromatic heterocycles. The molecule has 2 aliphatic rings. The van der Waals surface area contributed by atoms with E-state index in [2.05, 4.69) is 16.0 Å². The molecule has 0 unspecified atom stereocenters. The number of esters is 2. The smallest absolute Gasteiger partial charge is 0.310 e. The van der Waals surface area contributed by atoms with E-state index in [4.69, 9.17) is 9.47 Å². The summed E-state index contributed by atoms with van der Waals surface area (Å²) >= 11 is 0. The van der Waals surface area contributed by atoms with Crippen molar-refractivity contribution in [2.75, 3.05) is 11.5 Å². The Balaban J connectivity index is 2.03. The normalized spacial score (nSPS) is 27.2. The Morgan fingerprint density at radius 1 is 1.02 bits per heavy atom. The Morgan fingerprint density at radius 3 is 2.48 bits per heavy atom. The molecule has 3 amide bonds. The highest BCUT2D eigenvalue weighted by atomic mass is 33.1. The number of nitrogens with one attached hydrogen (secondary N) is 3. The first-order valence-electron chi connectivity index (χ1n) is 13.3. The maximum absolute atomic E-state index is 13.6. The second kappa shape index (κ2) is 15.7. The molecule has 2 bridgehead atoms. The molecule has 2 heterocycles. The maximum Gasteiger partial charge on any atom is 0.310 e. The fourth-order valence-electron chi connectivity index (χ4n) is 4.43. The minimum Gasteiger partial charge on any atom is -0.460 e. The summed E-state index contributed by atoms with van der Waals surface area (Å²) in [4.78, 5) is 65.2. The van der Waals surface area contributed by atoms with Crippen molar-refractivity contribution in [3.05, 3.63) is 48.0 Å². The van der Waals surface area contributed by atoms with Gasteiger partial charge in [0.1, 0.15) is 24.3 Å². The van der Waals surface area contributed by atoms with E-state index in [-0.39, 0.29) is 30.9 Å². The standard InChI is InChI=1S/C28H37N3O7S2/c1-17(2)26-23(37-18(3)32)15-25(34)38-20-11-7-8-12-39-40-16-22(28(36)31-26)30-27(35)21(29-24(33)14-20)13-19-9-5-4-6-10-19/h4-7,9-11,17,20-23,26H,8,12-16H2,1-3H3,(H,29,33)(H,30,35)(H,31,36)/t20-,21-,22-,23+,26-/m1/s1. The van der Waals surface area contributed by atoms with Crippen molar-refractivity contribution in [2.24, 2.45) is 5.92 Å². The summed E-state index contributed by atoms with van der Waals surface area (Å²) in [5, 5.41) is 8.51. The molecule has 1 aromatic carbocycles. The number of carbonyl (C=O) groups excluding carboxylic acids is 5. The molecule has 0 saturated carbocycles. The van der Waals surface area contributed by atoms with E-state index in [0.717, 1.165) is 11.3 Å². The topological polar surface area (TPSA) is 140 Å².